The summed E-state index contributed by atoms with van der Waals surface area (Å²) >= 11 is 0. The smallest absolute Gasteiger partial charge is 0.312 e. The third-order valence-corrected chi connectivity index (χ3v) is 4.64. The van der Waals surface area contributed by atoms with Crippen LogP contribution < -0.4 is 16.0 Å². The number of nitrogens with one attached hydrogen (secondary N) is 1. The van der Waals surface area contributed by atoms with E-state index in [1.807, 2.05) is 4.90 Å². The number of imidazole rings is 1. The van der Waals surface area contributed by atoms with E-state index in [1.165, 1.54) is 12.3 Å². The fourth-order valence-electron chi connectivity index (χ4n) is 3.26. The van der Waals surface area contributed by atoms with Crippen LogP contribution in [0.15, 0.2) is 30.6 Å². The van der Waals surface area contributed by atoms with Crippen molar-refractivity contribution >= 4 is 23.2 Å². The molecule has 1 saturated heterocycles. The second-order valence-corrected chi connectivity index (χ2v) is 6.42. The maximum absolute atomic E-state index is 12.6. The number of urea groups is 1. The Labute approximate surface area is 155 Å². The van der Waals surface area contributed by atoms with Gasteiger partial charge in [-0.2, -0.15) is 0 Å². The number of amides is 2. The largest absolute Gasteiger partial charge is 0.366 e. The molecule has 0 radical (unpaired) electrons. The van der Waals surface area contributed by atoms with Crippen LogP contribution in [-0.4, -0.2) is 45.4 Å². The molecule has 0 unspecified atom stereocenters. The van der Waals surface area contributed by atoms with Crippen LogP contribution in [0.5, 0.6) is 0 Å². The van der Waals surface area contributed by atoms with Gasteiger partial charge in [0.1, 0.15) is 5.69 Å². The number of nitrogens with zero attached hydrogens (tertiary/aromatic N) is 4. The lowest BCUT2D eigenvalue weighted by Gasteiger charge is -2.33. The molecule has 1 fully saturated rings. The summed E-state index contributed by atoms with van der Waals surface area (Å²) in [6, 6.07) is 3.85. The summed E-state index contributed by atoms with van der Waals surface area (Å²) in [5.41, 5.74) is 5.67. The van der Waals surface area contributed by atoms with Crippen molar-refractivity contribution in [1.29, 1.82) is 0 Å². The average molecular weight is 372 g/mol. The van der Waals surface area contributed by atoms with E-state index < -0.39 is 11.0 Å². The SMILES string of the molecule is Cn1ccnc1C(=O)c1ccc(N2CCC(NC(N)=O)CC2)c([N+](=O)[O-])c1. The van der Waals surface area contributed by atoms with Crippen molar-refractivity contribution in [3.05, 3.63) is 52.1 Å². The fraction of sp³-hybridized carbons (Fsp3) is 0.353. The molecule has 0 bridgehead atoms. The van der Waals surface area contributed by atoms with Crippen LogP contribution in [-0.2, 0) is 7.05 Å². The summed E-state index contributed by atoms with van der Waals surface area (Å²) in [4.78, 5) is 40.5. The van der Waals surface area contributed by atoms with E-state index >= 15 is 0 Å². The molecule has 0 aliphatic carbocycles. The van der Waals surface area contributed by atoms with Gasteiger partial charge in [-0.1, -0.05) is 0 Å². The van der Waals surface area contributed by atoms with Crippen LogP contribution in [0.4, 0.5) is 16.2 Å². The number of rotatable bonds is 5. The van der Waals surface area contributed by atoms with Gasteiger partial charge in [0, 0.05) is 50.2 Å². The molecule has 10 nitrogen and oxygen atoms in total. The van der Waals surface area contributed by atoms with E-state index in [0.29, 0.717) is 31.6 Å². The zero-order valence-corrected chi connectivity index (χ0v) is 14.8. The summed E-state index contributed by atoms with van der Waals surface area (Å²) in [7, 11) is 1.69. The van der Waals surface area contributed by atoms with Crippen LogP contribution in [0.2, 0.25) is 0 Å². The molecule has 3 N–H and O–H groups in total. The zero-order chi connectivity index (χ0) is 19.6. The van der Waals surface area contributed by atoms with Gasteiger partial charge in [0.25, 0.3) is 5.69 Å². The predicted molar refractivity (Wildman–Crippen MR) is 97.7 cm³/mol. The number of aromatic nitrogens is 2. The van der Waals surface area contributed by atoms with Gasteiger partial charge in [-0.25, -0.2) is 9.78 Å². The molecule has 27 heavy (non-hydrogen) atoms. The Morgan fingerprint density at radius 3 is 2.59 bits per heavy atom. The first-order valence-electron chi connectivity index (χ1n) is 8.48. The molecule has 1 aliphatic rings. The molecule has 10 heteroatoms. The van der Waals surface area contributed by atoms with Gasteiger partial charge in [0.05, 0.1) is 4.92 Å². The minimum absolute atomic E-state index is 0.0397. The predicted octanol–water partition coefficient (Wildman–Crippen LogP) is 1.20. The number of hydrogen-bond donors (Lipinski definition) is 2. The number of anilines is 1. The number of nitro groups is 1. The van der Waals surface area contributed by atoms with Crippen molar-refractivity contribution in [3.8, 4) is 0 Å². The third kappa shape index (κ3) is 3.89. The maximum Gasteiger partial charge on any atom is 0.312 e. The normalized spacial score (nSPS) is 14.8. The molecular weight excluding hydrogens is 352 g/mol. The van der Waals surface area contributed by atoms with Crippen molar-refractivity contribution in [2.45, 2.75) is 18.9 Å². The zero-order valence-electron chi connectivity index (χ0n) is 14.8. The van der Waals surface area contributed by atoms with Gasteiger partial charge in [0.2, 0.25) is 5.78 Å². The fourth-order valence-corrected chi connectivity index (χ4v) is 3.26. The van der Waals surface area contributed by atoms with Crippen LogP contribution in [0.25, 0.3) is 0 Å². The Morgan fingerprint density at radius 1 is 1.33 bits per heavy atom. The van der Waals surface area contributed by atoms with E-state index in [1.54, 1.807) is 29.9 Å². The molecule has 0 atom stereocenters. The number of aryl methyl sites for hydroxylation is 1. The number of nitrogens with two attached hydrogens (primary N) is 1. The number of ketones is 1. The highest BCUT2D eigenvalue weighted by molar-refractivity contribution is 6.07. The average Bonchev–Trinajstić information content (AvgIpc) is 3.06. The van der Waals surface area contributed by atoms with Gasteiger partial charge in [-0.3, -0.25) is 14.9 Å². The number of primary amides is 1. The van der Waals surface area contributed by atoms with E-state index in [0.717, 1.165) is 0 Å². The monoisotopic (exact) mass is 372 g/mol. The highest BCUT2D eigenvalue weighted by atomic mass is 16.6. The lowest BCUT2D eigenvalue weighted by atomic mass is 10.0. The molecule has 0 saturated carbocycles. The standard InChI is InChI=1S/C17H20N6O4/c1-21-9-6-19-16(21)15(24)11-2-3-13(14(10-11)23(26)27)22-7-4-12(5-8-22)20-17(18)25/h2-3,6,9-10,12H,4-5,7-8H2,1H3,(H3,18,20,25). The summed E-state index contributed by atoms with van der Waals surface area (Å²) in [5, 5.41) is 14.2. The van der Waals surface area contributed by atoms with Crippen molar-refractivity contribution in [2.75, 3.05) is 18.0 Å². The quantitative estimate of drug-likeness (QED) is 0.460. The minimum Gasteiger partial charge on any atom is -0.366 e. The highest BCUT2D eigenvalue weighted by Crippen LogP contribution is 2.32. The van der Waals surface area contributed by atoms with Crippen molar-refractivity contribution in [2.24, 2.45) is 12.8 Å². The van der Waals surface area contributed by atoms with Gasteiger partial charge in [-0.15, -0.1) is 0 Å². The van der Waals surface area contributed by atoms with Gasteiger partial charge < -0.3 is 20.5 Å². The van der Waals surface area contributed by atoms with Gasteiger partial charge in [0.15, 0.2) is 5.82 Å². The van der Waals surface area contributed by atoms with Crippen molar-refractivity contribution < 1.29 is 14.5 Å². The summed E-state index contributed by atoms with van der Waals surface area (Å²) in [6.45, 7) is 1.08. The number of benzene rings is 1. The first-order valence-corrected chi connectivity index (χ1v) is 8.48. The molecule has 3 rings (SSSR count). The number of nitro benzene ring substituents is 1. The van der Waals surface area contributed by atoms with E-state index in [2.05, 4.69) is 10.3 Å². The number of piperidine rings is 1. The molecule has 142 valence electrons. The lowest BCUT2D eigenvalue weighted by Crippen LogP contribution is -2.46. The van der Waals surface area contributed by atoms with Crippen molar-refractivity contribution in [1.82, 2.24) is 14.9 Å². The van der Waals surface area contributed by atoms with Crippen LogP contribution in [0, 0.1) is 10.1 Å². The second-order valence-electron chi connectivity index (χ2n) is 6.42. The van der Waals surface area contributed by atoms with Crippen LogP contribution in [0.1, 0.15) is 29.0 Å². The van der Waals surface area contributed by atoms with Crippen molar-refractivity contribution in [3.63, 3.8) is 0 Å². The molecule has 2 aromatic rings. The molecule has 1 aromatic heterocycles. The van der Waals surface area contributed by atoms with Crippen LogP contribution in [0.3, 0.4) is 0 Å². The number of carbonyl (C=O) groups excluding carboxylic acids is 2. The Bertz CT molecular complexity index is 885. The molecule has 2 heterocycles. The van der Waals surface area contributed by atoms with E-state index in [-0.39, 0.29) is 28.9 Å². The highest BCUT2D eigenvalue weighted by Gasteiger charge is 2.27. The van der Waals surface area contributed by atoms with Gasteiger partial charge >= 0.3 is 6.03 Å². The maximum atomic E-state index is 12.6. The van der Waals surface area contributed by atoms with Crippen LogP contribution >= 0.6 is 0 Å². The summed E-state index contributed by atoms with van der Waals surface area (Å²) in [6.07, 6.45) is 4.41. The molecular formula is C17H20N6O4. The van der Waals surface area contributed by atoms with Gasteiger partial charge in [-0.05, 0) is 25.0 Å². The first-order chi connectivity index (χ1) is 12.9. The Morgan fingerprint density at radius 2 is 2.04 bits per heavy atom. The Hall–Kier alpha value is -3.43. The minimum atomic E-state index is -0.573. The Balaban J connectivity index is 1.83. The lowest BCUT2D eigenvalue weighted by molar-refractivity contribution is -0.384. The molecule has 1 aliphatic heterocycles. The number of hydrogen-bond acceptors (Lipinski definition) is 6. The third-order valence-electron chi connectivity index (χ3n) is 4.64. The van der Waals surface area contributed by atoms with E-state index in [4.69, 9.17) is 5.73 Å². The number of carbonyl (C=O) groups is 2. The second kappa shape index (κ2) is 7.44. The van der Waals surface area contributed by atoms with E-state index in [9.17, 15) is 19.7 Å². The first kappa shape index (κ1) is 18.4. The summed E-state index contributed by atoms with van der Waals surface area (Å²) in [5.74, 6) is -0.156. The summed E-state index contributed by atoms with van der Waals surface area (Å²) < 4.78 is 1.57. The Kier molecular flexibility index (Phi) is 5.06. The molecule has 0 spiro atoms. The molecule has 2 amide bonds. The molecule has 1 aromatic carbocycles. The topological polar surface area (TPSA) is 136 Å².